The summed E-state index contributed by atoms with van der Waals surface area (Å²) in [6.07, 6.45) is 3.42. The summed E-state index contributed by atoms with van der Waals surface area (Å²) >= 11 is 6.52. The highest BCUT2D eigenvalue weighted by atomic mass is 35.5. The van der Waals surface area contributed by atoms with E-state index in [1.54, 1.807) is 17.7 Å². The van der Waals surface area contributed by atoms with Crippen molar-refractivity contribution in [2.45, 2.75) is 39.0 Å². The largest absolute Gasteiger partial charge is 0.497 e. The number of halogens is 1. The molecule has 3 aromatic rings. The molecule has 7 heteroatoms. The van der Waals surface area contributed by atoms with Gasteiger partial charge >= 0.3 is 5.97 Å². The molecule has 1 aliphatic carbocycles. The molecule has 6 nitrogen and oxygen atoms in total. The zero-order valence-electron chi connectivity index (χ0n) is 16.4. The van der Waals surface area contributed by atoms with Crippen LogP contribution < -0.4 is 4.74 Å². The molecule has 0 fully saturated rings. The van der Waals surface area contributed by atoms with Crippen LogP contribution in [0.3, 0.4) is 0 Å². The highest BCUT2D eigenvalue weighted by Crippen LogP contribution is 2.41. The van der Waals surface area contributed by atoms with E-state index in [2.05, 4.69) is 5.10 Å². The number of hydrogen-bond donors (Lipinski definition) is 0. The Balaban J connectivity index is 1.91. The lowest BCUT2D eigenvalue weighted by atomic mass is 9.88. The normalized spacial score (nSPS) is 18.3. The Labute approximate surface area is 168 Å². The van der Waals surface area contributed by atoms with E-state index < -0.39 is 5.41 Å². The van der Waals surface area contributed by atoms with Gasteiger partial charge in [-0.25, -0.2) is 9.50 Å². The van der Waals surface area contributed by atoms with Crippen LogP contribution in [0.25, 0.3) is 16.8 Å². The van der Waals surface area contributed by atoms with E-state index in [4.69, 9.17) is 26.1 Å². The van der Waals surface area contributed by atoms with E-state index in [0.717, 1.165) is 34.5 Å². The predicted molar refractivity (Wildman–Crippen MR) is 107 cm³/mol. The standard InChI is InChI=1S/C21H22ClN3O3/c1-5-28-20(26)21(3)9-8-13-11-25-19(23-18(13)21)17(12(2)24-25)15-7-6-14(27-4)10-16(15)22/h6-7,10-11H,5,8-9H2,1-4H3. The van der Waals surface area contributed by atoms with Crippen molar-refractivity contribution in [3.63, 3.8) is 0 Å². The number of rotatable bonds is 4. The first kappa shape index (κ1) is 18.7. The van der Waals surface area contributed by atoms with Gasteiger partial charge < -0.3 is 9.47 Å². The van der Waals surface area contributed by atoms with Crippen LogP contribution in [0.2, 0.25) is 5.02 Å². The van der Waals surface area contributed by atoms with Crippen molar-refractivity contribution in [1.82, 2.24) is 14.6 Å². The molecule has 1 aliphatic rings. The first-order valence-electron chi connectivity index (χ1n) is 9.29. The lowest BCUT2D eigenvalue weighted by Gasteiger charge is -2.21. The van der Waals surface area contributed by atoms with Crippen molar-refractivity contribution < 1.29 is 14.3 Å². The molecule has 1 atom stereocenters. The molecule has 0 N–H and O–H groups in total. The molecule has 146 valence electrons. The first-order valence-corrected chi connectivity index (χ1v) is 9.67. The second-order valence-electron chi connectivity index (χ2n) is 7.24. The molecule has 0 saturated carbocycles. The number of fused-ring (bicyclic) bond motifs is 2. The molecule has 28 heavy (non-hydrogen) atoms. The number of esters is 1. The van der Waals surface area contributed by atoms with Crippen molar-refractivity contribution in [2.24, 2.45) is 0 Å². The maximum Gasteiger partial charge on any atom is 0.317 e. The van der Waals surface area contributed by atoms with Crippen LogP contribution in [0, 0.1) is 6.92 Å². The second kappa shape index (κ2) is 6.78. The fourth-order valence-electron chi connectivity index (χ4n) is 3.91. The van der Waals surface area contributed by atoms with Crippen LogP contribution in [0.1, 0.15) is 37.2 Å². The van der Waals surface area contributed by atoms with Crippen LogP contribution in [-0.4, -0.2) is 34.3 Å². The van der Waals surface area contributed by atoms with E-state index in [-0.39, 0.29) is 5.97 Å². The number of carbonyl (C=O) groups is 1. The van der Waals surface area contributed by atoms with Crippen molar-refractivity contribution >= 4 is 23.2 Å². The molecule has 1 unspecified atom stereocenters. The molecule has 1 aromatic carbocycles. The molecular formula is C21H22ClN3O3. The van der Waals surface area contributed by atoms with Gasteiger partial charge in [0, 0.05) is 11.8 Å². The average molecular weight is 400 g/mol. The fraction of sp³-hybridized carbons (Fsp3) is 0.381. The van der Waals surface area contributed by atoms with E-state index in [1.807, 2.05) is 39.1 Å². The van der Waals surface area contributed by atoms with Crippen LogP contribution >= 0.6 is 11.6 Å². The predicted octanol–water partition coefficient (Wildman–Crippen LogP) is 4.13. The van der Waals surface area contributed by atoms with Crippen LogP contribution in [0.15, 0.2) is 24.4 Å². The minimum Gasteiger partial charge on any atom is -0.497 e. The maximum absolute atomic E-state index is 12.6. The Morgan fingerprint density at radius 1 is 1.39 bits per heavy atom. The Kier molecular flexibility index (Phi) is 4.54. The molecule has 0 bridgehead atoms. The first-order chi connectivity index (χ1) is 13.4. The van der Waals surface area contributed by atoms with Gasteiger partial charge in [-0.3, -0.25) is 4.79 Å². The van der Waals surface area contributed by atoms with E-state index in [9.17, 15) is 4.79 Å². The van der Waals surface area contributed by atoms with Gasteiger partial charge in [0.15, 0.2) is 5.65 Å². The summed E-state index contributed by atoms with van der Waals surface area (Å²) in [6.45, 7) is 6.01. The Morgan fingerprint density at radius 3 is 2.86 bits per heavy atom. The number of ether oxygens (including phenoxy) is 2. The number of aromatic nitrogens is 3. The van der Waals surface area contributed by atoms with Crippen molar-refractivity contribution in [1.29, 1.82) is 0 Å². The van der Waals surface area contributed by atoms with Crippen LogP contribution in [0.5, 0.6) is 5.75 Å². The molecule has 0 aliphatic heterocycles. The topological polar surface area (TPSA) is 65.7 Å². The molecule has 0 amide bonds. The molecule has 4 rings (SSSR count). The molecular weight excluding hydrogens is 378 g/mol. The van der Waals surface area contributed by atoms with Crippen LogP contribution in [0.4, 0.5) is 0 Å². The summed E-state index contributed by atoms with van der Waals surface area (Å²) in [5.74, 6) is 0.456. The van der Waals surface area contributed by atoms with E-state index >= 15 is 0 Å². The Morgan fingerprint density at radius 2 is 2.18 bits per heavy atom. The lowest BCUT2D eigenvalue weighted by molar-refractivity contribution is -0.149. The zero-order chi connectivity index (χ0) is 20.1. The van der Waals surface area contributed by atoms with Gasteiger partial charge in [0.25, 0.3) is 0 Å². The van der Waals surface area contributed by atoms with Gasteiger partial charge in [-0.2, -0.15) is 5.10 Å². The number of methoxy groups -OCH3 is 1. The third kappa shape index (κ3) is 2.75. The second-order valence-corrected chi connectivity index (χ2v) is 7.65. The highest BCUT2D eigenvalue weighted by Gasteiger charge is 2.44. The smallest absolute Gasteiger partial charge is 0.317 e. The summed E-state index contributed by atoms with van der Waals surface area (Å²) in [6, 6.07) is 5.54. The third-order valence-electron chi connectivity index (χ3n) is 5.45. The molecule has 2 heterocycles. The minimum absolute atomic E-state index is 0.231. The summed E-state index contributed by atoms with van der Waals surface area (Å²) in [5, 5.41) is 5.19. The van der Waals surface area contributed by atoms with Gasteiger partial charge in [0.2, 0.25) is 0 Å². The summed E-state index contributed by atoms with van der Waals surface area (Å²) in [5.41, 5.74) is 4.24. The molecule has 0 spiro atoms. The summed E-state index contributed by atoms with van der Waals surface area (Å²) in [4.78, 5) is 17.5. The van der Waals surface area contributed by atoms with Gasteiger partial charge in [-0.15, -0.1) is 0 Å². The van der Waals surface area contributed by atoms with Gasteiger partial charge in [0.1, 0.15) is 11.2 Å². The number of carbonyl (C=O) groups excluding carboxylic acids is 1. The van der Waals surface area contributed by atoms with Crippen LogP contribution in [-0.2, 0) is 21.4 Å². The van der Waals surface area contributed by atoms with Gasteiger partial charge in [0.05, 0.1) is 35.7 Å². The maximum atomic E-state index is 12.6. The van der Waals surface area contributed by atoms with Crippen molar-refractivity contribution in [2.75, 3.05) is 13.7 Å². The number of benzene rings is 1. The average Bonchev–Trinajstić information content (AvgIpc) is 3.17. The molecule has 0 radical (unpaired) electrons. The van der Waals surface area contributed by atoms with Crippen molar-refractivity contribution in [3.8, 4) is 16.9 Å². The Bertz CT molecular complexity index is 1090. The number of nitrogens with zero attached hydrogens (tertiary/aromatic N) is 3. The quantitative estimate of drug-likeness (QED) is 0.617. The SMILES string of the molecule is CCOC(=O)C1(C)CCc2cn3nc(C)c(-c4ccc(OC)cc4Cl)c3nc21. The summed E-state index contributed by atoms with van der Waals surface area (Å²) < 4.78 is 12.4. The zero-order valence-corrected chi connectivity index (χ0v) is 17.1. The van der Waals surface area contributed by atoms with Gasteiger partial charge in [-0.1, -0.05) is 11.6 Å². The lowest BCUT2D eigenvalue weighted by Crippen LogP contribution is -2.33. The molecule has 2 aromatic heterocycles. The molecule has 0 saturated heterocycles. The minimum atomic E-state index is -0.744. The third-order valence-corrected chi connectivity index (χ3v) is 5.76. The highest BCUT2D eigenvalue weighted by molar-refractivity contribution is 6.33. The monoisotopic (exact) mass is 399 g/mol. The Hall–Kier alpha value is -2.60. The fourth-order valence-corrected chi connectivity index (χ4v) is 4.18. The van der Waals surface area contributed by atoms with Crippen molar-refractivity contribution in [3.05, 3.63) is 46.4 Å². The summed E-state index contributed by atoms with van der Waals surface area (Å²) in [7, 11) is 1.60. The van der Waals surface area contributed by atoms with E-state index in [1.165, 1.54) is 0 Å². The number of hydrogen-bond acceptors (Lipinski definition) is 5. The van der Waals surface area contributed by atoms with Gasteiger partial charge in [-0.05, 0) is 57.4 Å². The number of aryl methyl sites for hydroxylation is 2. The van der Waals surface area contributed by atoms with E-state index in [0.29, 0.717) is 29.4 Å².